The summed E-state index contributed by atoms with van der Waals surface area (Å²) in [6.45, 7) is 16.0. The molecule has 0 atom stereocenters. The van der Waals surface area contributed by atoms with Gasteiger partial charge in [0.05, 0.1) is 0 Å². The van der Waals surface area contributed by atoms with E-state index in [2.05, 4.69) is 69.5 Å². The number of rotatable bonds is 4. The van der Waals surface area contributed by atoms with Crippen molar-refractivity contribution in [3.8, 4) is 0 Å². The van der Waals surface area contributed by atoms with Crippen molar-refractivity contribution < 1.29 is 0 Å². The number of allylic oxidation sites excluding steroid dienone is 1. The zero-order valence-corrected chi connectivity index (χ0v) is 14.3. The second-order valence-corrected chi connectivity index (χ2v) is 8.04. The zero-order chi connectivity index (χ0) is 15.5. The van der Waals surface area contributed by atoms with Gasteiger partial charge in [-0.1, -0.05) is 64.6 Å². The highest BCUT2D eigenvalue weighted by Crippen LogP contribution is 2.36. The maximum Gasteiger partial charge on any atom is 0.0183 e. The molecule has 0 unspecified atom stereocenters. The number of hydrogen-bond donors (Lipinski definition) is 0. The van der Waals surface area contributed by atoms with E-state index in [0.29, 0.717) is 10.8 Å². The van der Waals surface area contributed by atoms with Crippen molar-refractivity contribution in [2.45, 2.75) is 58.8 Å². The highest BCUT2D eigenvalue weighted by Gasteiger charge is 2.31. The normalized spacial score (nSPS) is 18.6. The summed E-state index contributed by atoms with van der Waals surface area (Å²) >= 11 is 0. The Bertz CT molecular complexity index is 458. The first-order valence-electron chi connectivity index (χ1n) is 8.28. The minimum Gasteiger partial charge on any atom is -0.375 e. The van der Waals surface area contributed by atoms with Crippen molar-refractivity contribution in [1.82, 2.24) is 4.90 Å². The van der Waals surface area contributed by atoms with E-state index in [1.807, 2.05) is 0 Å². The average Bonchev–Trinajstić information content (AvgIpc) is 2.46. The fourth-order valence-electron chi connectivity index (χ4n) is 3.12. The Labute approximate surface area is 131 Å². The van der Waals surface area contributed by atoms with Crippen LogP contribution in [0.1, 0.15) is 58.9 Å². The minimum absolute atomic E-state index is 0.335. The van der Waals surface area contributed by atoms with Crippen LogP contribution in [0.5, 0.6) is 0 Å². The largest absolute Gasteiger partial charge is 0.375 e. The van der Waals surface area contributed by atoms with Gasteiger partial charge >= 0.3 is 0 Å². The Hall–Kier alpha value is -1.24. The van der Waals surface area contributed by atoms with E-state index in [9.17, 15) is 0 Å². The van der Waals surface area contributed by atoms with E-state index in [1.54, 1.807) is 0 Å². The van der Waals surface area contributed by atoms with Gasteiger partial charge in [0.15, 0.2) is 0 Å². The van der Waals surface area contributed by atoms with Gasteiger partial charge in [-0.05, 0) is 42.1 Å². The lowest BCUT2D eigenvalue weighted by atomic mass is 9.74. The van der Waals surface area contributed by atoms with Crippen LogP contribution in [-0.2, 0) is 5.41 Å². The van der Waals surface area contributed by atoms with E-state index in [0.717, 1.165) is 19.5 Å². The smallest absolute Gasteiger partial charge is 0.0183 e. The fourth-order valence-corrected chi connectivity index (χ4v) is 3.12. The van der Waals surface area contributed by atoms with Crippen molar-refractivity contribution in [3.63, 3.8) is 0 Å². The molecule has 0 spiro atoms. The molecule has 0 saturated carbocycles. The Morgan fingerprint density at radius 1 is 1.14 bits per heavy atom. The molecular formula is C20H31N. The van der Waals surface area contributed by atoms with Gasteiger partial charge in [-0.2, -0.15) is 0 Å². The third-order valence-electron chi connectivity index (χ3n) is 4.95. The van der Waals surface area contributed by atoms with Gasteiger partial charge in [0.25, 0.3) is 0 Å². The number of likely N-dealkylation sites (tertiary alicyclic amines) is 1. The molecule has 0 radical (unpaired) electrons. The van der Waals surface area contributed by atoms with Crippen LogP contribution in [0.4, 0.5) is 0 Å². The van der Waals surface area contributed by atoms with Crippen LogP contribution >= 0.6 is 0 Å². The molecule has 116 valence electrons. The van der Waals surface area contributed by atoms with Crippen LogP contribution in [0.2, 0.25) is 0 Å². The van der Waals surface area contributed by atoms with Crippen LogP contribution in [0, 0.1) is 5.41 Å². The van der Waals surface area contributed by atoms with Crippen molar-refractivity contribution in [3.05, 3.63) is 48.2 Å². The van der Waals surface area contributed by atoms with Crippen LogP contribution in [0.3, 0.4) is 0 Å². The summed E-state index contributed by atoms with van der Waals surface area (Å²) < 4.78 is 0. The molecule has 1 aromatic carbocycles. The van der Waals surface area contributed by atoms with Crippen LogP contribution in [-0.4, -0.2) is 18.0 Å². The first-order chi connectivity index (χ1) is 9.80. The maximum absolute atomic E-state index is 4.33. The van der Waals surface area contributed by atoms with Gasteiger partial charge in [0.2, 0.25) is 0 Å². The molecule has 2 rings (SSSR count). The predicted molar refractivity (Wildman–Crippen MR) is 92.4 cm³/mol. The topological polar surface area (TPSA) is 3.24 Å². The molecule has 21 heavy (non-hydrogen) atoms. The molecule has 1 aliphatic heterocycles. The molecule has 0 bridgehead atoms. The Balaban J connectivity index is 1.90. The lowest BCUT2D eigenvalue weighted by Gasteiger charge is -2.42. The molecule has 0 N–H and O–H groups in total. The molecule has 1 heteroatoms. The first-order valence-corrected chi connectivity index (χ1v) is 8.28. The third-order valence-corrected chi connectivity index (χ3v) is 4.95. The maximum atomic E-state index is 4.33. The number of piperidine rings is 1. The zero-order valence-electron chi connectivity index (χ0n) is 14.3. The monoisotopic (exact) mass is 285 g/mol. The minimum atomic E-state index is 0.335. The number of nitrogens with zero attached hydrogens (tertiary/aromatic N) is 1. The lowest BCUT2D eigenvalue weighted by Crippen LogP contribution is -2.40. The molecular weight excluding hydrogens is 254 g/mol. The highest BCUT2D eigenvalue weighted by atomic mass is 15.1. The van der Waals surface area contributed by atoms with Gasteiger partial charge in [-0.25, -0.2) is 0 Å². The Morgan fingerprint density at radius 2 is 1.71 bits per heavy atom. The molecule has 1 fully saturated rings. The fraction of sp³-hybridized carbons (Fsp3) is 0.600. The summed E-state index contributed by atoms with van der Waals surface area (Å²) in [4.78, 5) is 2.51. The van der Waals surface area contributed by atoms with E-state index in [-0.39, 0.29) is 0 Å². The summed E-state index contributed by atoms with van der Waals surface area (Å²) in [5.74, 6) is 0. The van der Waals surface area contributed by atoms with Gasteiger partial charge in [0.1, 0.15) is 0 Å². The van der Waals surface area contributed by atoms with Crippen molar-refractivity contribution in [2.24, 2.45) is 5.41 Å². The van der Waals surface area contributed by atoms with E-state index in [4.69, 9.17) is 0 Å². The number of benzene rings is 1. The molecule has 0 aliphatic carbocycles. The first kappa shape index (κ1) is 16.1. The Kier molecular flexibility index (Phi) is 4.81. The average molecular weight is 285 g/mol. The molecule has 1 heterocycles. The summed E-state index contributed by atoms with van der Waals surface area (Å²) in [6.07, 6.45) is 4.81. The SMILES string of the molecule is C=C(CCC(C)(C)C)N1CCC(C)(c2ccccc2)CC1. The molecule has 1 nitrogen and oxygen atoms in total. The second-order valence-electron chi connectivity index (χ2n) is 8.04. The van der Waals surface area contributed by atoms with Gasteiger partial charge < -0.3 is 4.90 Å². The number of hydrogen-bond acceptors (Lipinski definition) is 1. The van der Waals surface area contributed by atoms with Crippen LogP contribution in [0.15, 0.2) is 42.6 Å². The van der Waals surface area contributed by atoms with Crippen molar-refractivity contribution in [2.75, 3.05) is 13.1 Å². The third kappa shape index (κ3) is 4.36. The van der Waals surface area contributed by atoms with Crippen LogP contribution in [0.25, 0.3) is 0 Å². The molecule has 1 aromatic rings. The summed E-state index contributed by atoms with van der Waals surface area (Å²) in [6, 6.07) is 11.0. The van der Waals surface area contributed by atoms with Crippen molar-refractivity contribution in [1.29, 1.82) is 0 Å². The second kappa shape index (κ2) is 6.25. The van der Waals surface area contributed by atoms with Gasteiger partial charge in [0, 0.05) is 18.8 Å². The van der Waals surface area contributed by atoms with E-state index < -0.39 is 0 Å². The lowest BCUT2D eigenvalue weighted by molar-refractivity contribution is 0.197. The van der Waals surface area contributed by atoms with Gasteiger partial charge in [-0.3, -0.25) is 0 Å². The standard InChI is InChI=1S/C20H31N/c1-17(11-12-19(2,3)4)21-15-13-20(5,14-16-21)18-9-7-6-8-10-18/h6-10H,1,11-16H2,2-5H3. The summed E-state index contributed by atoms with van der Waals surface area (Å²) in [5.41, 5.74) is 3.56. The summed E-state index contributed by atoms with van der Waals surface area (Å²) in [5, 5.41) is 0. The molecule has 0 aromatic heterocycles. The Morgan fingerprint density at radius 3 is 2.24 bits per heavy atom. The quantitative estimate of drug-likeness (QED) is 0.718. The molecule has 1 saturated heterocycles. The molecule has 1 aliphatic rings. The van der Waals surface area contributed by atoms with Gasteiger partial charge in [-0.15, -0.1) is 0 Å². The van der Waals surface area contributed by atoms with E-state index >= 15 is 0 Å². The van der Waals surface area contributed by atoms with Crippen molar-refractivity contribution >= 4 is 0 Å². The summed E-state index contributed by atoms with van der Waals surface area (Å²) in [7, 11) is 0. The molecule has 0 amide bonds. The highest BCUT2D eigenvalue weighted by molar-refractivity contribution is 5.25. The van der Waals surface area contributed by atoms with Crippen LogP contribution < -0.4 is 0 Å². The predicted octanol–water partition coefficient (Wildman–Crippen LogP) is 5.38. The van der Waals surface area contributed by atoms with E-state index in [1.165, 1.54) is 30.5 Å².